The minimum atomic E-state index is -0.316. The van der Waals surface area contributed by atoms with Gasteiger partial charge in [-0.05, 0) is 31.5 Å². The zero-order chi connectivity index (χ0) is 12.5. The number of aliphatic hydroxyl groups excluding tert-OH is 1. The van der Waals surface area contributed by atoms with Crippen LogP contribution in [0.5, 0.6) is 0 Å². The minimum absolute atomic E-state index is 0.00124. The van der Waals surface area contributed by atoms with Crippen LogP contribution in [0, 0.1) is 0 Å². The Balaban J connectivity index is 2.20. The fourth-order valence-corrected chi connectivity index (χ4v) is 2.21. The normalized spacial score (nSPS) is 23.8. The van der Waals surface area contributed by atoms with E-state index in [0.717, 1.165) is 5.82 Å². The van der Waals surface area contributed by atoms with Crippen LogP contribution < -0.4 is 4.90 Å². The number of ether oxygens (including phenoxy) is 1. The van der Waals surface area contributed by atoms with E-state index >= 15 is 0 Å². The Kier molecular flexibility index (Phi) is 3.51. The molecule has 0 spiro atoms. The van der Waals surface area contributed by atoms with E-state index in [0.29, 0.717) is 13.1 Å². The molecular weight excluding hydrogens is 242 g/mol. The Morgan fingerprint density at radius 2 is 2.41 bits per heavy atom. The lowest BCUT2D eigenvalue weighted by Crippen LogP contribution is -2.54. The van der Waals surface area contributed by atoms with Crippen molar-refractivity contribution in [3.63, 3.8) is 0 Å². The number of aliphatic hydroxyl groups is 1. The maximum absolute atomic E-state index is 9.23. The molecule has 0 bridgehead atoms. The summed E-state index contributed by atoms with van der Waals surface area (Å²) in [5.41, 5.74) is -0.316. The van der Waals surface area contributed by atoms with E-state index < -0.39 is 0 Å². The van der Waals surface area contributed by atoms with Crippen molar-refractivity contribution in [2.45, 2.75) is 25.6 Å². The van der Waals surface area contributed by atoms with Gasteiger partial charge in [-0.15, -0.1) is 0 Å². The molecule has 1 N–H and O–H groups in total. The largest absolute Gasteiger partial charge is 0.394 e. The predicted molar refractivity (Wildman–Crippen MR) is 65.3 cm³/mol. The van der Waals surface area contributed by atoms with E-state index in [1.807, 2.05) is 19.9 Å². The van der Waals surface area contributed by atoms with Gasteiger partial charge in [-0.2, -0.15) is 0 Å². The van der Waals surface area contributed by atoms with Gasteiger partial charge < -0.3 is 14.7 Å². The van der Waals surface area contributed by atoms with Crippen LogP contribution in [0.4, 0.5) is 5.82 Å². The molecule has 1 aromatic rings. The topological polar surface area (TPSA) is 58.5 Å². The monoisotopic (exact) mass is 257 g/mol. The lowest BCUT2D eigenvalue weighted by atomic mass is 10.1. The van der Waals surface area contributed by atoms with Gasteiger partial charge in [0, 0.05) is 19.3 Å². The molecule has 0 saturated carbocycles. The van der Waals surface area contributed by atoms with Crippen LogP contribution in [0.3, 0.4) is 0 Å². The smallest absolute Gasteiger partial charge is 0.224 e. The molecule has 1 fully saturated rings. The maximum Gasteiger partial charge on any atom is 0.224 e. The first-order valence-electron chi connectivity index (χ1n) is 5.52. The van der Waals surface area contributed by atoms with Crippen LogP contribution in [0.15, 0.2) is 12.3 Å². The fourth-order valence-electron chi connectivity index (χ4n) is 2.07. The van der Waals surface area contributed by atoms with Gasteiger partial charge in [-0.25, -0.2) is 9.97 Å². The number of nitrogens with zero attached hydrogens (tertiary/aromatic N) is 3. The van der Waals surface area contributed by atoms with Gasteiger partial charge in [0.15, 0.2) is 0 Å². The highest BCUT2D eigenvalue weighted by molar-refractivity contribution is 6.28. The third-order valence-corrected chi connectivity index (χ3v) is 2.80. The third kappa shape index (κ3) is 3.06. The molecule has 0 aliphatic carbocycles. The molecule has 1 aliphatic rings. The molecule has 6 heteroatoms. The minimum Gasteiger partial charge on any atom is -0.394 e. The van der Waals surface area contributed by atoms with Crippen molar-refractivity contribution in [2.24, 2.45) is 0 Å². The molecule has 2 rings (SSSR count). The van der Waals surface area contributed by atoms with Crippen LogP contribution >= 0.6 is 11.6 Å². The summed E-state index contributed by atoms with van der Waals surface area (Å²) in [6.07, 6.45) is 1.42. The van der Waals surface area contributed by atoms with Crippen molar-refractivity contribution >= 4 is 17.4 Å². The molecule has 1 aromatic heterocycles. The zero-order valence-corrected chi connectivity index (χ0v) is 10.7. The zero-order valence-electron chi connectivity index (χ0n) is 9.93. The van der Waals surface area contributed by atoms with Gasteiger partial charge >= 0.3 is 0 Å². The summed E-state index contributed by atoms with van der Waals surface area (Å²) in [6.45, 7) is 5.29. The van der Waals surface area contributed by atoms with Crippen LogP contribution in [0.1, 0.15) is 13.8 Å². The van der Waals surface area contributed by atoms with Gasteiger partial charge in [0.25, 0.3) is 0 Å². The highest BCUT2D eigenvalue weighted by Crippen LogP contribution is 2.24. The first-order chi connectivity index (χ1) is 8.00. The number of morpholine rings is 1. The molecule has 0 amide bonds. The van der Waals surface area contributed by atoms with Crippen LogP contribution in [-0.2, 0) is 4.74 Å². The molecular formula is C11H16ClN3O2. The first kappa shape index (κ1) is 12.5. The number of hydrogen-bond donors (Lipinski definition) is 1. The SMILES string of the molecule is CC1(C)CN(c2ccnc(Cl)n2)CC(CO)O1. The number of rotatable bonds is 2. The number of aromatic nitrogens is 2. The second-order valence-corrected chi connectivity index (χ2v) is 5.08. The Bertz CT molecular complexity index is 400. The number of halogens is 1. The third-order valence-electron chi connectivity index (χ3n) is 2.62. The average molecular weight is 258 g/mol. The van der Waals surface area contributed by atoms with Crippen molar-refractivity contribution in [3.8, 4) is 0 Å². The van der Waals surface area contributed by atoms with E-state index in [1.54, 1.807) is 6.20 Å². The van der Waals surface area contributed by atoms with Gasteiger partial charge in [-0.3, -0.25) is 0 Å². The molecule has 17 heavy (non-hydrogen) atoms. The lowest BCUT2D eigenvalue weighted by molar-refractivity contribution is -0.101. The van der Waals surface area contributed by atoms with Crippen molar-refractivity contribution in [3.05, 3.63) is 17.5 Å². The van der Waals surface area contributed by atoms with E-state index in [2.05, 4.69) is 14.9 Å². The van der Waals surface area contributed by atoms with Crippen LogP contribution in [-0.4, -0.2) is 46.5 Å². The Labute approximate surface area is 105 Å². The Hall–Kier alpha value is -0.910. The second-order valence-electron chi connectivity index (χ2n) is 4.75. The van der Waals surface area contributed by atoms with Crippen molar-refractivity contribution < 1.29 is 9.84 Å². The fraction of sp³-hybridized carbons (Fsp3) is 0.636. The molecule has 0 aromatic carbocycles. The summed E-state index contributed by atoms with van der Waals surface area (Å²) in [4.78, 5) is 10.1. The van der Waals surface area contributed by atoms with E-state index in [4.69, 9.17) is 16.3 Å². The summed E-state index contributed by atoms with van der Waals surface area (Å²) in [5.74, 6) is 0.764. The van der Waals surface area contributed by atoms with Gasteiger partial charge in [0.2, 0.25) is 5.28 Å². The van der Waals surface area contributed by atoms with Gasteiger partial charge in [0.1, 0.15) is 5.82 Å². The molecule has 1 unspecified atom stereocenters. The van der Waals surface area contributed by atoms with Gasteiger partial charge in [0.05, 0.1) is 18.3 Å². The van der Waals surface area contributed by atoms with E-state index in [-0.39, 0.29) is 23.6 Å². The standard InChI is InChI=1S/C11H16ClN3O2/c1-11(2)7-15(5-8(6-16)17-11)9-3-4-13-10(12)14-9/h3-4,8,16H,5-7H2,1-2H3. The Morgan fingerprint density at radius 1 is 1.65 bits per heavy atom. The highest BCUT2D eigenvalue weighted by atomic mass is 35.5. The predicted octanol–water partition coefficient (Wildman–Crippen LogP) is 1.11. The van der Waals surface area contributed by atoms with E-state index in [9.17, 15) is 5.11 Å². The number of hydrogen-bond acceptors (Lipinski definition) is 5. The summed E-state index contributed by atoms with van der Waals surface area (Å²) < 4.78 is 5.74. The molecule has 5 nitrogen and oxygen atoms in total. The average Bonchev–Trinajstić information content (AvgIpc) is 2.27. The summed E-state index contributed by atoms with van der Waals surface area (Å²) in [5, 5.41) is 9.46. The molecule has 94 valence electrons. The van der Waals surface area contributed by atoms with Gasteiger partial charge in [-0.1, -0.05) is 0 Å². The number of anilines is 1. The summed E-state index contributed by atoms with van der Waals surface area (Å²) >= 11 is 5.78. The highest BCUT2D eigenvalue weighted by Gasteiger charge is 2.33. The summed E-state index contributed by atoms with van der Waals surface area (Å²) in [7, 11) is 0. The first-order valence-corrected chi connectivity index (χ1v) is 5.90. The van der Waals surface area contributed by atoms with Crippen LogP contribution in [0.2, 0.25) is 5.28 Å². The van der Waals surface area contributed by atoms with E-state index in [1.165, 1.54) is 0 Å². The molecule has 2 heterocycles. The van der Waals surface area contributed by atoms with Crippen LogP contribution in [0.25, 0.3) is 0 Å². The summed E-state index contributed by atoms with van der Waals surface area (Å²) in [6, 6.07) is 1.81. The quantitative estimate of drug-likeness (QED) is 0.805. The Morgan fingerprint density at radius 3 is 3.06 bits per heavy atom. The van der Waals surface area contributed by atoms with Crippen molar-refractivity contribution in [2.75, 3.05) is 24.6 Å². The maximum atomic E-state index is 9.23. The molecule has 0 radical (unpaired) electrons. The molecule has 1 aliphatic heterocycles. The molecule has 1 saturated heterocycles. The van der Waals surface area contributed by atoms with Crippen molar-refractivity contribution in [1.82, 2.24) is 9.97 Å². The second kappa shape index (κ2) is 4.76. The van der Waals surface area contributed by atoms with Crippen molar-refractivity contribution in [1.29, 1.82) is 0 Å². The molecule has 1 atom stereocenters. The lowest BCUT2D eigenvalue weighted by Gasteiger charge is -2.42.